The predicted octanol–water partition coefficient (Wildman–Crippen LogP) is 5.58. The number of rotatable bonds is 5. The number of aromatic nitrogens is 2. The molecule has 1 amide bonds. The smallest absolute Gasteiger partial charge is 0.242 e. The van der Waals surface area contributed by atoms with Crippen molar-refractivity contribution in [2.75, 3.05) is 16.4 Å². The molecular formula is C25H24N4O2S2. The summed E-state index contributed by atoms with van der Waals surface area (Å²) in [5.41, 5.74) is 8.96. The molecule has 0 bridgehead atoms. The van der Waals surface area contributed by atoms with Gasteiger partial charge in [0, 0.05) is 22.7 Å². The van der Waals surface area contributed by atoms with E-state index >= 15 is 0 Å². The summed E-state index contributed by atoms with van der Waals surface area (Å²) in [5, 5.41) is 1.44. The summed E-state index contributed by atoms with van der Waals surface area (Å²) < 4.78 is 5.95. The van der Waals surface area contributed by atoms with E-state index in [4.69, 9.17) is 15.5 Å². The first-order valence-corrected chi connectivity index (χ1v) is 12.5. The topological polar surface area (TPSA) is 81.3 Å². The minimum absolute atomic E-state index is 0.0553. The van der Waals surface area contributed by atoms with Crippen molar-refractivity contribution >= 4 is 56.4 Å². The zero-order chi connectivity index (χ0) is 23.0. The molecule has 2 aromatic carbocycles. The zero-order valence-corrected chi connectivity index (χ0v) is 20.1. The Balaban J connectivity index is 1.40. The first-order chi connectivity index (χ1) is 15.9. The van der Waals surface area contributed by atoms with E-state index in [2.05, 4.69) is 18.8 Å². The zero-order valence-electron chi connectivity index (χ0n) is 18.4. The van der Waals surface area contributed by atoms with Gasteiger partial charge in [-0.25, -0.2) is 9.97 Å². The maximum Gasteiger partial charge on any atom is 0.242 e. The van der Waals surface area contributed by atoms with Gasteiger partial charge in [-0.3, -0.25) is 9.69 Å². The fourth-order valence-electron chi connectivity index (χ4n) is 4.00. The number of benzene rings is 2. The fourth-order valence-corrected chi connectivity index (χ4v) is 5.87. The number of fused-ring (bicyclic) bond motifs is 3. The summed E-state index contributed by atoms with van der Waals surface area (Å²) in [6.07, 6.45) is 0.782. The number of nitrogens with zero attached hydrogens (tertiary/aromatic N) is 3. The number of para-hydroxylation sites is 2. The average molecular weight is 477 g/mol. The largest absolute Gasteiger partial charge is 0.383 e. The number of hydrogen-bond donors (Lipinski definition) is 1. The molecule has 2 N–H and O–H groups in total. The van der Waals surface area contributed by atoms with Crippen LogP contribution in [0.3, 0.4) is 0 Å². The lowest BCUT2D eigenvalue weighted by molar-refractivity contribution is -0.115. The summed E-state index contributed by atoms with van der Waals surface area (Å²) in [6.45, 7) is 4.72. The van der Waals surface area contributed by atoms with Crippen LogP contribution in [0.2, 0.25) is 0 Å². The van der Waals surface area contributed by atoms with Crippen LogP contribution in [0.4, 0.5) is 17.2 Å². The van der Waals surface area contributed by atoms with Gasteiger partial charge in [-0.15, -0.1) is 11.3 Å². The summed E-state index contributed by atoms with van der Waals surface area (Å²) in [4.78, 5) is 26.3. The van der Waals surface area contributed by atoms with Gasteiger partial charge in [-0.1, -0.05) is 48.2 Å². The van der Waals surface area contributed by atoms with Gasteiger partial charge in [0.1, 0.15) is 10.6 Å². The number of carbonyl (C=O) groups is 1. The van der Waals surface area contributed by atoms with E-state index in [1.165, 1.54) is 17.3 Å². The van der Waals surface area contributed by atoms with Gasteiger partial charge in [-0.2, -0.15) is 0 Å². The highest BCUT2D eigenvalue weighted by Crippen LogP contribution is 2.40. The molecule has 0 radical (unpaired) electrons. The molecule has 0 unspecified atom stereocenters. The fraction of sp³-hybridized carbons (Fsp3) is 0.240. The molecule has 0 atom stereocenters. The van der Waals surface area contributed by atoms with Crippen molar-refractivity contribution in [2.45, 2.75) is 37.6 Å². The van der Waals surface area contributed by atoms with Gasteiger partial charge >= 0.3 is 0 Å². The van der Waals surface area contributed by atoms with Crippen molar-refractivity contribution in [2.24, 2.45) is 0 Å². The number of carbonyl (C=O) groups excluding carboxylic acids is 1. The number of anilines is 3. The molecular weight excluding hydrogens is 452 g/mol. The summed E-state index contributed by atoms with van der Waals surface area (Å²) in [7, 11) is 0. The summed E-state index contributed by atoms with van der Waals surface area (Å²) >= 11 is 2.90. The van der Waals surface area contributed by atoms with Gasteiger partial charge in [0.15, 0.2) is 5.16 Å². The van der Waals surface area contributed by atoms with Crippen LogP contribution in [0.1, 0.15) is 24.3 Å². The molecule has 0 saturated heterocycles. The third-order valence-corrected chi connectivity index (χ3v) is 7.47. The Morgan fingerprint density at radius 3 is 2.36 bits per heavy atom. The van der Waals surface area contributed by atoms with Crippen LogP contribution in [-0.4, -0.2) is 27.2 Å². The van der Waals surface area contributed by atoms with Crippen LogP contribution in [0.25, 0.3) is 10.2 Å². The van der Waals surface area contributed by atoms with Crippen molar-refractivity contribution in [3.05, 3.63) is 71.1 Å². The average Bonchev–Trinajstić information content (AvgIpc) is 3.16. The van der Waals surface area contributed by atoms with Crippen LogP contribution < -0.4 is 10.6 Å². The van der Waals surface area contributed by atoms with Crippen LogP contribution >= 0.6 is 23.1 Å². The van der Waals surface area contributed by atoms with E-state index in [1.807, 2.05) is 60.7 Å². The summed E-state index contributed by atoms with van der Waals surface area (Å²) in [5.74, 6) is 0.601. The van der Waals surface area contributed by atoms with Crippen molar-refractivity contribution in [3.8, 4) is 0 Å². The lowest BCUT2D eigenvalue weighted by Crippen LogP contribution is -2.31. The normalized spacial score (nSPS) is 14.7. The van der Waals surface area contributed by atoms with Crippen LogP contribution in [0, 0.1) is 0 Å². The monoisotopic (exact) mass is 476 g/mol. The number of thiophene rings is 1. The second kappa shape index (κ2) is 8.78. The third kappa shape index (κ3) is 4.46. The van der Waals surface area contributed by atoms with E-state index in [-0.39, 0.29) is 17.3 Å². The number of thioether (sulfide) groups is 1. The Labute approximate surface area is 200 Å². The molecule has 0 fully saturated rings. The third-order valence-electron chi connectivity index (χ3n) is 5.54. The van der Waals surface area contributed by atoms with Gasteiger partial charge in [0.05, 0.1) is 23.3 Å². The highest BCUT2D eigenvalue weighted by molar-refractivity contribution is 7.99. The predicted molar refractivity (Wildman–Crippen MR) is 135 cm³/mol. The van der Waals surface area contributed by atoms with E-state index in [0.29, 0.717) is 17.6 Å². The van der Waals surface area contributed by atoms with Gasteiger partial charge in [-0.05, 0) is 43.7 Å². The first kappa shape index (κ1) is 21.9. The van der Waals surface area contributed by atoms with Crippen molar-refractivity contribution in [1.82, 2.24) is 9.97 Å². The van der Waals surface area contributed by atoms with Crippen molar-refractivity contribution in [1.29, 1.82) is 0 Å². The SMILES string of the molecule is CC1(C)Cc2c(sc3nc(SCC(=O)N(c4ccccc4)c4ccccc4)nc(N)c23)CO1. The maximum absolute atomic E-state index is 13.3. The van der Waals surface area contributed by atoms with Gasteiger partial charge in [0.25, 0.3) is 0 Å². The van der Waals surface area contributed by atoms with Crippen LogP contribution in [0.5, 0.6) is 0 Å². The Morgan fingerprint density at radius 1 is 1.09 bits per heavy atom. The molecule has 6 nitrogen and oxygen atoms in total. The molecule has 0 saturated carbocycles. The molecule has 0 spiro atoms. The molecule has 3 heterocycles. The standard InChI is InChI=1S/C25H24N4O2S2/c1-25(2)13-18-19(14-31-25)33-23-21(18)22(26)27-24(28-23)32-15-20(30)29(16-9-5-3-6-10-16)17-11-7-4-8-12-17/h3-12H,13-15H2,1-2H3,(H2,26,27,28). The molecule has 5 rings (SSSR count). The molecule has 1 aliphatic heterocycles. The second-order valence-electron chi connectivity index (χ2n) is 8.49. The van der Waals surface area contributed by atoms with Crippen molar-refractivity contribution < 1.29 is 9.53 Å². The maximum atomic E-state index is 13.3. The number of nitrogen functional groups attached to an aromatic ring is 1. The minimum atomic E-state index is -0.231. The Hall–Kier alpha value is -2.94. The number of amides is 1. The van der Waals surface area contributed by atoms with E-state index in [1.54, 1.807) is 16.2 Å². The number of nitrogens with two attached hydrogens (primary N) is 1. The Kier molecular flexibility index (Phi) is 5.82. The lowest BCUT2D eigenvalue weighted by Gasteiger charge is -2.30. The lowest BCUT2D eigenvalue weighted by atomic mass is 9.94. The Bertz CT molecular complexity index is 1270. The van der Waals surface area contributed by atoms with E-state index in [0.717, 1.165) is 32.9 Å². The molecule has 4 aromatic rings. The second-order valence-corrected chi connectivity index (χ2v) is 10.5. The molecule has 1 aliphatic rings. The highest BCUT2D eigenvalue weighted by Gasteiger charge is 2.30. The van der Waals surface area contributed by atoms with Gasteiger partial charge in [0.2, 0.25) is 5.91 Å². The minimum Gasteiger partial charge on any atom is -0.383 e. The Morgan fingerprint density at radius 2 is 1.73 bits per heavy atom. The molecule has 33 heavy (non-hydrogen) atoms. The molecule has 2 aromatic heterocycles. The summed E-state index contributed by atoms with van der Waals surface area (Å²) in [6, 6.07) is 19.3. The van der Waals surface area contributed by atoms with Crippen molar-refractivity contribution in [3.63, 3.8) is 0 Å². The molecule has 168 valence electrons. The van der Waals surface area contributed by atoms with E-state index in [9.17, 15) is 4.79 Å². The number of ether oxygens (including phenoxy) is 1. The highest BCUT2D eigenvalue weighted by atomic mass is 32.2. The van der Waals surface area contributed by atoms with Gasteiger partial charge < -0.3 is 10.5 Å². The first-order valence-electron chi connectivity index (χ1n) is 10.7. The number of hydrogen-bond acceptors (Lipinski definition) is 7. The van der Waals surface area contributed by atoms with Crippen LogP contribution in [-0.2, 0) is 22.6 Å². The quantitative estimate of drug-likeness (QED) is 0.299. The molecule has 0 aliphatic carbocycles. The molecule has 8 heteroatoms. The van der Waals surface area contributed by atoms with Crippen LogP contribution in [0.15, 0.2) is 65.8 Å². The van der Waals surface area contributed by atoms with E-state index < -0.39 is 0 Å².